The molecule has 3 N–H and O–H groups in total. The van der Waals surface area contributed by atoms with Gasteiger partial charge in [0.05, 0.1) is 0 Å². The third kappa shape index (κ3) is 5.88. The second-order valence-corrected chi connectivity index (χ2v) is 4.32. The fourth-order valence-electron chi connectivity index (χ4n) is 1.30. The van der Waals surface area contributed by atoms with Crippen molar-refractivity contribution in [2.45, 2.75) is 26.2 Å². The lowest BCUT2D eigenvalue weighted by Crippen LogP contribution is -2.14. The summed E-state index contributed by atoms with van der Waals surface area (Å²) in [7, 11) is 0. The molecule has 0 aromatic carbocycles. The molecule has 0 atom stereocenters. The topological polar surface area (TPSA) is 73.1 Å². The molecule has 0 aliphatic carbocycles. The number of hydrogen-bond acceptors (Lipinski definition) is 5. The number of ether oxygens (including phenoxy) is 1. The smallest absolute Gasteiger partial charge is 0.223 e. The molecular formula is C12H20N4OS. The average molecular weight is 268 g/mol. The summed E-state index contributed by atoms with van der Waals surface area (Å²) in [4.78, 5) is 8.56. The molecule has 0 spiro atoms. The van der Waals surface area contributed by atoms with Crippen LogP contribution in [0, 0.1) is 0 Å². The standard InChI is InChI=1S/C12H20N4OS/c1-2-3-8-17-9-4-6-14-12-15-7-5-10(16-12)11(13)18/h5,7H,2-4,6,8-9H2,1H3,(H2,13,18)(H,14,15,16). The highest BCUT2D eigenvalue weighted by molar-refractivity contribution is 7.80. The molecule has 0 aliphatic heterocycles. The van der Waals surface area contributed by atoms with Crippen LogP contribution in [0.3, 0.4) is 0 Å². The maximum absolute atomic E-state index is 5.50. The number of nitrogens with one attached hydrogen (secondary N) is 1. The number of nitrogens with two attached hydrogens (primary N) is 1. The van der Waals surface area contributed by atoms with E-state index < -0.39 is 0 Å². The molecule has 0 amide bonds. The van der Waals surface area contributed by atoms with E-state index in [9.17, 15) is 0 Å². The summed E-state index contributed by atoms with van der Waals surface area (Å²) >= 11 is 4.86. The molecular weight excluding hydrogens is 248 g/mol. The first-order chi connectivity index (χ1) is 8.74. The van der Waals surface area contributed by atoms with Gasteiger partial charge in [-0.3, -0.25) is 0 Å². The van der Waals surface area contributed by atoms with Crippen LogP contribution >= 0.6 is 12.2 Å². The minimum absolute atomic E-state index is 0.281. The Hall–Kier alpha value is -1.27. The van der Waals surface area contributed by atoms with E-state index in [2.05, 4.69) is 22.2 Å². The molecule has 1 aromatic heterocycles. The van der Waals surface area contributed by atoms with Crippen LogP contribution in [0.2, 0.25) is 0 Å². The molecule has 1 rings (SSSR count). The van der Waals surface area contributed by atoms with Crippen molar-refractivity contribution >= 4 is 23.2 Å². The molecule has 0 unspecified atom stereocenters. The molecule has 0 fully saturated rings. The van der Waals surface area contributed by atoms with Crippen LogP contribution in [-0.2, 0) is 4.74 Å². The molecule has 100 valence electrons. The first kappa shape index (κ1) is 14.8. The Kier molecular flexibility index (Phi) is 7.20. The summed E-state index contributed by atoms with van der Waals surface area (Å²) in [5.74, 6) is 0.550. The fourth-order valence-corrected chi connectivity index (χ4v) is 1.42. The molecule has 5 nitrogen and oxygen atoms in total. The van der Waals surface area contributed by atoms with Gasteiger partial charge in [0, 0.05) is 26.0 Å². The summed E-state index contributed by atoms with van der Waals surface area (Å²) in [6, 6.07) is 1.70. The van der Waals surface area contributed by atoms with Crippen molar-refractivity contribution in [2.75, 3.05) is 25.1 Å². The maximum Gasteiger partial charge on any atom is 0.223 e. The lowest BCUT2D eigenvalue weighted by Gasteiger charge is -2.06. The first-order valence-electron chi connectivity index (χ1n) is 6.18. The van der Waals surface area contributed by atoms with E-state index in [1.807, 2.05) is 0 Å². The van der Waals surface area contributed by atoms with Crippen molar-refractivity contribution < 1.29 is 4.74 Å². The van der Waals surface area contributed by atoms with Crippen LogP contribution in [-0.4, -0.2) is 34.7 Å². The Morgan fingerprint density at radius 3 is 2.94 bits per heavy atom. The molecule has 0 radical (unpaired) electrons. The SMILES string of the molecule is CCCCOCCCNc1nccc(C(N)=S)n1. The van der Waals surface area contributed by atoms with E-state index >= 15 is 0 Å². The zero-order chi connectivity index (χ0) is 13.2. The highest BCUT2D eigenvalue weighted by Gasteiger charge is 2.00. The Balaban J connectivity index is 2.19. The van der Waals surface area contributed by atoms with Crippen LogP contribution in [0.25, 0.3) is 0 Å². The molecule has 6 heteroatoms. The second-order valence-electron chi connectivity index (χ2n) is 3.88. The quantitative estimate of drug-likeness (QED) is 0.525. The highest BCUT2D eigenvalue weighted by atomic mass is 32.1. The molecule has 1 heterocycles. The van der Waals surface area contributed by atoms with Gasteiger partial charge in [0.15, 0.2) is 0 Å². The van der Waals surface area contributed by atoms with Crippen LogP contribution in [0.1, 0.15) is 31.9 Å². The van der Waals surface area contributed by atoms with Gasteiger partial charge in [0.25, 0.3) is 0 Å². The number of anilines is 1. The largest absolute Gasteiger partial charge is 0.388 e. The highest BCUT2D eigenvalue weighted by Crippen LogP contribution is 2.00. The summed E-state index contributed by atoms with van der Waals surface area (Å²) in [6.07, 6.45) is 4.84. The third-order valence-electron chi connectivity index (χ3n) is 2.30. The van der Waals surface area contributed by atoms with E-state index in [0.717, 1.165) is 39.0 Å². The van der Waals surface area contributed by atoms with E-state index in [1.165, 1.54) is 0 Å². The molecule has 0 saturated heterocycles. The summed E-state index contributed by atoms with van der Waals surface area (Å²) in [5, 5.41) is 3.11. The maximum atomic E-state index is 5.50. The number of hydrogen-bond donors (Lipinski definition) is 2. The Bertz CT molecular complexity index is 373. The molecule has 0 bridgehead atoms. The van der Waals surface area contributed by atoms with Gasteiger partial charge >= 0.3 is 0 Å². The summed E-state index contributed by atoms with van der Waals surface area (Å²) in [5.41, 5.74) is 6.08. The number of aromatic nitrogens is 2. The summed E-state index contributed by atoms with van der Waals surface area (Å²) < 4.78 is 5.45. The minimum Gasteiger partial charge on any atom is -0.388 e. The van der Waals surface area contributed by atoms with Gasteiger partial charge in [-0.1, -0.05) is 25.6 Å². The van der Waals surface area contributed by atoms with Crippen LogP contribution in [0.4, 0.5) is 5.95 Å². The van der Waals surface area contributed by atoms with Crippen molar-refractivity contribution in [1.29, 1.82) is 0 Å². The molecule has 1 aromatic rings. The van der Waals surface area contributed by atoms with Gasteiger partial charge < -0.3 is 15.8 Å². The number of thiocarbonyl (C=S) groups is 1. The van der Waals surface area contributed by atoms with Crippen molar-refractivity contribution in [1.82, 2.24) is 9.97 Å². The Morgan fingerprint density at radius 2 is 2.22 bits per heavy atom. The number of unbranched alkanes of at least 4 members (excludes halogenated alkanes) is 1. The zero-order valence-corrected chi connectivity index (χ0v) is 11.5. The predicted octanol–water partition coefficient (Wildman–Crippen LogP) is 1.73. The average Bonchev–Trinajstić information content (AvgIpc) is 2.38. The van der Waals surface area contributed by atoms with E-state index in [-0.39, 0.29) is 4.99 Å². The van der Waals surface area contributed by atoms with E-state index in [4.69, 9.17) is 22.7 Å². The molecule has 0 saturated carbocycles. The number of rotatable bonds is 9. The fraction of sp³-hybridized carbons (Fsp3) is 0.583. The Labute approximate surface area is 113 Å². The van der Waals surface area contributed by atoms with Crippen LogP contribution in [0.15, 0.2) is 12.3 Å². The van der Waals surface area contributed by atoms with Crippen LogP contribution < -0.4 is 11.1 Å². The van der Waals surface area contributed by atoms with E-state index in [0.29, 0.717) is 11.6 Å². The van der Waals surface area contributed by atoms with Gasteiger partial charge in [0.1, 0.15) is 10.7 Å². The normalized spacial score (nSPS) is 10.3. The van der Waals surface area contributed by atoms with Crippen LogP contribution in [0.5, 0.6) is 0 Å². The van der Waals surface area contributed by atoms with Gasteiger partial charge in [0.2, 0.25) is 5.95 Å². The zero-order valence-electron chi connectivity index (χ0n) is 10.7. The van der Waals surface area contributed by atoms with Gasteiger partial charge in [-0.2, -0.15) is 0 Å². The van der Waals surface area contributed by atoms with Gasteiger partial charge in [-0.25, -0.2) is 9.97 Å². The van der Waals surface area contributed by atoms with Gasteiger partial charge in [-0.05, 0) is 18.9 Å². The van der Waals surface area contributed by atoms with Crippen molar-refractivity contribution in [3.8, 4) is 0 Å². The lowest BCUT2D eigenvalue weighted by molar-refractivity contribution is 0.131. The minimum atomic E-state index is 0.281. The van der Waals surface area contributed by atoms with E-state index in [1.54, 1.807) is 12.3 Å². The first-order valence-corrected chi connectivity index (χ1v) is 6.59. The van der Waals surface area contributed by atoms with Crippen molar-refractivity contribution in [3.63, 3.8) is 0 Å². The lowest BCUT2D eigenvalue weighted by atomic mass is 10.4. The predicted molar refractivity (Wildman–Crippen MR) is 76.8 cm³/mol. The number of nitrogens with zero attached hydrogens (tertiary/aromatic N) is 2. The second kappa shape index (κ2) is 8.77. The van der Waals surface area contributed by atoms with Crippen molar-refractivity contribution in [2.24, 2.45) is 5.73 Å². The van der Waals surface area contributed by atoms with Crippen molar-refractivity contribution in [3.05, 3.63) is 18.0 Å². The van der Waals surface area contributed by atoms with Gasteiger partial charge in [-0.15, -0.1) is 0 Å². The summed E-state index contributed by atoms with van der Waals surface area (Å²) in [6.45, 7) is 4.51. The molecule has 18 heavy (non-hydrogen) atoms. The molecule has 0 aliphatic rings. The Morgan fingerprint density at radius 1 is 1.44 bits per heavy atom. The monoisotopic (exact) mass is 268 g/mol. The third-order valence-corrected chi connectivity index (χ3v) is 2.51.